The summed E-state index contributed by atoms with van der Waals surface area (Å²) in [6.07, 6.45) is 4.47. The van der Waals surface area contributed by atoms with E-state index in [1.54, 1.807) is 12.3 Å². The summed E-state index contributed by atoms with van der Waals surface area (Å²) in [5.41, 5.74) is -0.0716. The Labute approximate surface area is 108 Å². The zero-order valence-corrected chi connectivity index (χ0v) is 10.8. The van der Waals surface area contributed by atoms with Gasteiger partial charge in [-0.25, -0.2) is 4.98 Å². The maximum atomic E-state index is 10.9. The second kappa shape index (κ2) is 4.69. The Hall–Kier alpha value is -2.02. The fourth-order valence-electron chi connectivity index (χ4n) is 1.56. The Morgan fingerprint density at radius 2 is 2.22 bits per heavy atom. The molecular formula is C11H12N4O2S. The molecule has 1 N–H and O–H groups in total. The highest BCUT2D eigenvalue weighted by molar-refractivity contribution is 7.09. The molecule has 2 aromatic rings. The van der Waals surface area contributed by atoms with Gasteiger partial charge in [-0.05, 0) is 19.9 Å². The molecule has 0 radical (unpaired) electrons. The van der Waals surface area contributed by atoms with Crippen molar-refractivity contribution < 1.29 is 4.92 Å². The van der Waals surface area contributed by atoms with E-state index < -0.39 is 10.5 Å². The van der Waals surface area contributed by atoms with Crippen molar-refractivity contribution in [3.05, 3.63) is 45.2 Å². The SMILES string of the molecule is CC(C)(Nc1ccncc1[N+](=O)[O-])c1nccs1. The first-order valence-corrected chi connectivity index (χ1v) is 6.15. The van der Waals surface area contributed by atoms with Crippen molar-refractivity contribution in [3.63, 3.8) is 0 Å². The molecule has 0 spiro atoms. The van der Waals surface area contributed by atoms with Crippen molar-refractivity contribution in [1.82, 2.24) is 9.97 Å². The summed E-state index contributed by atoms with van der Waals surface area (Å²) >= 11 is 1.50. The lowest BCUT2D eigenvalue weighted by Gasteiger charge is -2.24. The maximum absolute atomic E-state index is 10.9. The van der Waals surface area contributed by atoms with Crippen LogP contribution >= 0.6 is 11.3 Å². The quantitative estimate of drug-likeness (QED) is 0.678. The van der Waals surface area contributed by atoms with Gasteiger partial charge in [0, 0.05) is 17.8 Å². The number of nitrogens with one attached hydrogen (secondary N) is 1. The minimum atomic E-state index is -0.472. The molecule has 0 saturated heterocycles. The number of nitro groups is 1. The third-order valence-electron chi connectivity index (χ3n) is 2.41. The second-order valence-corrected chi connectivity index (χ2v) is 5.13. The van der Waals surface area contributed by atoms with Gasteiger partial charge in [-0.2, -0.15) is 0 Å². The number of hydrogen-bond donors (Lipinski definition) is 1. The van der Waals surface area contributed by atoms with Gasteiger partial charge in [0.1, 0.15) is 16.9 Å². The predicted octanol–water partition coefficient (Wildman–Crippen LogP) is 2.79. The van der Waals surface area contributed by atoms with Gasteiger partial charge < -0.3 is 5.32 Å². The van der Waals surface area contributed by atoms with Crippen LogP contribution in [0, 0.1) is 10.1 Å². The molecule has 7 heteroatoms. The number of aromatic nitrogens is 2. The largest absolute Gasteiger partial charge is 0.368 e. The average molecular weight is 264 g/mol. The van der Waals surface area contributed by atoms with Crippen molar-refractivity contribution in [1.29, 1.82) is 0 Å². The van der Waals surface area contributed by atoms with E-state index in [9.17, 15) is 10.1 Å². The summed E-state index contributed by atoms with van der Waals surface area (Å²) in [5.74, 6) is 0. The molecule has 0 amide bonds. The normalized spacial score (nSPS) is 11.2. The zero-order valence-electron chi connectivity index (χ0n) is 9.95. The van der Waals surface area contributed by atoms with E-state index >= 15 is 0 Å². The molecule has 0 bridgehead atoms. The molecule has 2 aromatic heterocycles. The van der Waals surface area contributed by atoms with Gasteiger partial charge in [0.05, 0.1) is 10.5 Å². The van der Waals surface area contributed by atoms with Gasteiger partial charge in [-0.3, -0.25) is 15.1 Å². The van der Waals surface area contributed by atoms with Crippen LogP contribution in [-0.2, 0) is 5.54 Å². The van der Waals surface area contributed by atoms with E-state index in [-0.39, 0.29) is 5.69 Å². The third kappa shape index (κ3) is 2.45. The number of thiazole rings is 1. The molecule has 0 aliphatic carbocycles. The van der Waals surface area contributed by atoms with Crippen molar-refractivity contribution in [3.8, 4) is 0 Å². The van der Waals surface area contributed by atoms with Crippen LogP contribution < -0.4 is 5.32 Å². The summed E-state index contributed by atoms with van der Waals surface area (Å²) in [7, 11) is 0. The Morgan fingerprint density at radius 3 is 2.83 bits per heavy atom. The van der Waals surface area contributed by atoms with E-state index in [0.29, 0.717) is 5.69 Å². The first-order chi connectivity index (χ1) is 8.50. The Morgan fingerprint density at radius 1 is 1.44 bits per heavy atom. The fraction of sp³-hybridized carbons (Fsp3) is 0.273. The molecule has 0 saturated carbocycles. The van der Waals surface area contributed by atoms with E-state index in [2.05, 4.69) is 15.3 Å². The van der Waals surface area contributed by atoms with Crippen molar-refractivity contribution in [2.45, 2.75) is 19.4 Å². The highest BCUT2D eigenvalue weighted by Crippen LogP contribution is 2.31. The molecule has 0 aliphatic heterocycles. The zero-order chi connectivity index (χ0) is 13.2. The van der Waals surface area contributed by atoms with Crippen molar-refractivity contribution in [2.75, 3.05) is 5.32 Å². The summed E-state index contributed by atoms with van der Waals surface area (Å²) in [6.45, 7) is 3.85. The fourth-order valence-corrected chi connectivity index (χ4v) is 2.28. The summed E-state index contributed by atoms with van der Waals surface area (Å²) < 4.78 is 0. The van der Waals surface area contributed by atoms with Crippen LogP contribution in [0.3, 0.4) is 0 Å². The summed E-state index contributed by atoms with van der Waals surface area (Å²) in [6, 6.07) is 1.59. The monoisotopic (exact) mass is 264 g/mol. The molecule has 6 nitrogen and oxygen atoms in total. The first-order valence-electron chi connectivity index (χ1n) is 5.27. The van der Waals surface area contributed by atoms with Gasteiger partial charge in [0.25, 0.3) is 0 Å². The van der Waals surface area contributed by atoms with Crippen LogP contribution in [0.5, 0.6) is 0 Å². The molecule has 0 fully saturated rings. The average Bonchev–Trinajstić information content (AvgIpc) is 2.83. The van der Waals surface area contributed by atoms with E-state index in [4.69, 9.17) is 0 Å². The number of anilines is 1. The van der Waals surface area contributed by atoms with Crippen LogP contribution in [0.4, 0.5) is 11.4 Å². The topological polar surface area (TPSA) is 81.0 Å². The predicted molar refractivity (Wildman–Crippen MR) is 69.7 cm³/mol. The Kier molecular flexibility index (Phi) is 3.24. The van der Waals surface area contributed by atoms with Gasteiger partial charge in [0.15, 0.2) is 0 Å². The van der Waals surface area contributed by atoms with Gasteiger partial charge in [-0.15, -0.1) is 11.3 Å². The number of pyridine rings is 1. The molecule has 2 rings (SSSR count). The molecule has 0 aliphatic rings. The molecule has 0 atom stereocenters. The minimum Gasteiger partial charge on any atom is -0.368 e. The molecule has 0 aromatic carbocycles. The highest BCUT2D eigenvalue weighted by Gasteiger charge is 2.26. The van der Waals surface area contributed by atoms with Crippen LogP contribution in [0.25, 0.3) is 0 Å². The Balaban J connectivity index is 2.32. The van der Waals surface area contributed by atoms with Crippen molar-refractivity contribution >= 4 is 22.7 Å². The smallest absolute Gasteiger partial charge is 0.310 e. The van der Waals surface area contributed by atoms with E-state index in [0.717, 1.165) is 5.01 Å². The van der Waals surface area contributed by atoms with Crippen LogP contribution in [0.2, 0.25) is 0 Å². The lowest BCUT2D eigenvalue weighted by atomic mass is 10.1. The van der Waals surface area contributed by atoms with E-state index in [1.165, 1.54) is 23.7 Å². The van der Waals surface area contributed by atoms with Crippen LogP contribution in [0.1, 0.15) is 18.9 Å². The van der Waals surface area contributed by atoms with E-state index in [1.807, 2.05) is 19.2 Å². The van der Waals surface area contributed by atoms with Gasteiger partial charge in [0.2, 0.25) is 0 Å². The Bertz CT molecular complexity index is 554. The van der Waals surface area contributed by atoms with Crippen LogP contribution in [-0.4, -0.2) is 14.9 Å². The van der Waals surface area contributed by atoms with Crippen molar-refractivity contribution in [2.24, 2.45) is 0 Å². The molecule has 18 heavy (non-hydrogen) atoms. The third-order valence-corrected chi connectivity index (χ3v) is 3.51. The van der Waals surface area contributed by atoms with Gasteiger partial charge >= 0.3 is 5.69 Å². The van der Waals surface area contributed by atoms with Gasteiger partial charge in [-0.1, -0.05) is 0 Å². The lowest BCUT2D eigenvalue weighted by Crippen LogP contribution is -2.28. The molecule has 2 heterocycles. The number of rotatable bonds is 4. The first kappa shape index (κ1) is 12.4. The highest BCUT2D eigenvalue weighted by atomic mass is 32.1. The summed E-state index contributed by atoms with van der Waals surface area (Å²) in [5, 5.41) is 16.8. The number of nitrogens with zero attached hydrogens (tertiary/aromatic N) is 3. The molecule has 0 unspecified atom stereocenters. The standard InChI is InChI=1S/C11H12N4O2S/c1-11(2,10-13-5-6-18-10)14-8-3-4-12-7-9(8)15(16)17/h3-7H,1-2H3,(H,12,14). The molecular weight excluding hydrogens is 252 g/mol. The second-order valence-electron chi connectivity index (χ2n) is 4.24. The lowest BCUT2D eigenvalue weighted by molar-refractivity contribution is -0.384. The van der Waals surface area contributed by atoms with Crippen LogP contribution in [0.15, 0.2) is 30.0 Å². The number of hydrogen-bond acceptors (Lipinski definition) is 6. The summed E-state index contributed by atoms with van der Waals surface area (Å²) in [4.78, 5) is 18.4. The molecule has 94 valence electrons. The minimum absolute atomic E-state index is 0.0397. The maximum Gasteiger partial charge on any atom is 0.310 e.